The van der Waals surface area contributed by atoms with Gasteiger partial charge in [-0.2, -0.15) is 0 Å². The molecule has 148 valence electrons. The molecule has 1 atom stereocenters. The number of aryl methyl sites for hydroxylation is 2. The summed E-state index contributed by atoms with van der Waals surface area (Å²) < 4.78 is 12.3. The van der Waals surface area contributed by atoms with E-state index in [1.54, 1.807) is 12.4 Å². The van der Waals surface area contributed by atoms with Crippen LogP contribution in [0.25, 0.3) is 0 Å². The van der Waals surface area contributed by atoms with Gasteiger partial charge in [0, 0.05) is 44.4 Å². The van der Waals surface area contributed by atoms with Crippen LogP contribution in [0.15, 0.2) is 36.7 Å². The number of carbonyl (C=O) groups excluding carboxylic acids is 1. The largest absolute Gasteiger partial charge is 0.474 e. The van der Waals surface area contributed by atoms with Crippen LogP contribution in [0.2, 0.25) is 0 Å². The van der Waals surface area contributed by atoms with Crippen LogP contribution >= 0.6 is 0 Å². The Bertz CT molecular complexity index is 846. The summed E-state index contributed by atoms with van der Waals surface area (Å²) in [6.45, 7) is 6.02. The second-order valence-corrected chi connectivity index (χ2v) is 7.90. The number of rotatable bonds is 3. The standard InChI is InChI=1S/C22H27N3O3/c1-16-5-10-23-19(14-16)28-18-6-13-27-22(15-18)7-11-25(12-8-22)21(26)20-17(2)4-3-9-24-20/h3-5,9-10,14,18H,6-8,11-13,15H2,1-2H3. The number of hydrogen-bond acceptors (Lipinski definition) is 5. The molecule has 4 rings (SSSR count). The zero-order valence-electron chi connectivity index (χ0n) is 16.6. The van der Waals surface area contributed by atoms with Crippen LogP contribution in [0.3, 0.4) is 0 Å². The zero-order valence-corrected chi connectivity index (χ0v) is 16.6. The van der Waals surface area contributed by atoms with Crippen LogP contribution in [0.1, 0.15) is 47.3 Å². The van der Waals surface area contributed by atoms with Crippen LogP contribution in [0, 0.1) is 13.8 Å². The van der Waals surface area contributed by atoms with E-state index in [0.717, 1.165) is 36.8 Å². The lowest BCUT2D eigenvalue weighted by molar-refractivity contribution is -0.135. The third kappa shape index (κ3) is 4.02. The Labute approximate surface area is 165 Å². The van der Waals surface area contributed by atoms with Gasteiger partial charge in [-0.25, -0.2) is 4.98 Å². The summed E-state index contributed by atoms with van der Waals surface area (Å²) in [7, 11) is 0. The van der Waals surface area contributed by atoms with Crippen molar-refractivity contribution in [1.82, 2.24) is 14.9 Å². The molecule has 0 N–H and O–H groups in total. The number of carbonyl (C=O) groups is 1. The predicted molar refractivity (Wildman–Crippen MR) is 105 cm³/mol. The number of pyridine rings is 2. The number of amides is 1. The lowest BCUT2D eigenvalue weighted by atomic mass is 9.83. The quantitative estimate of drug-likeness (QED) is 0.816. The van der Waals surface area contributed by atoms with Crippen LogP contribution in [0.5, 0.6) is 5.88 Å². The van der Waals surface area contributed by atoms with E-state index in [-0.39, 0.29) is 17.6 Å². The molecule has 1 spiro atoms. The van der Waals surface area contributed by atoms with Gasteiger partial charge in [0.1, 0.15) is 11.8 Å². The summed E-state index contributed by atoms with van der Waals surface area (Å²) in [5.41, 5.74) is 2.40. The molecule has 0 bridgehead atoms. The van der Waals surface area contributed by atoms with Gasteiger partial charge in [-0.1, -0.05) is 6.07 Å². The Morgan fingerprint density at radius 1 is 1.21 bits per heavy atom. The first-order valence-corrected chi connectivity index (χ1v) is 9.99. The maximum absolute atomic E-state index is 12.8. The van der Waals surface area contributed by atoms with Gasteiger partial charge in [0.15, 0.2) is 0 Å². The van der Waals surface area contributed by atoms with Crippen molar-refractivity contribution in [3.05, 3.63) is 53.5 Å². The van der Waals surface area contributed by atoms with Crippen LogP contribution in [-0.4, -0.2) is 52.2 Å². The van der Waals surface area contributed by atoms with Crippen molar-refractivity contribution in [2.75, 3.05) is 19.7 Å². The first-order chi connectivity index (χ1) is 13.5. The fourth-order valence-corrected chi connectivity index (χ4v) is 4.15. The van der Waals surface area contributed by atoms with E-state index in [0.29, 0.717) is 31.3 Å². The molecule has 0 radical (unpaired) electrons. The van der Waals surface area contributed by atoms with Gasteiger partial charge in [-0.3, -0.25) is 9.78 Å². The Morgan fingerprint density at radius 3 is 2.79 bits per heavy atom. The molecule has 2 aliphatic rings. The van der Waals surface area contributed by atoms with Gasteiger partial charge >= 0.3 is 0 Å². The molecule has 0 saturated carbocycles. The van der Waals surface area contributed by atoms with E-state index in [1.807, 2.05) is 43.0 Å². The smallest absolute Gasteiger partial charge is 0.272 e. The molecule has 1 amide bonds. The molecule has 2 aromatic heterocycles. The molecule has 1 unspecified atom stereocenters. The Hall–Kier alpha value is -2.47. The second kappa shape index (κ2) is 7.87. The fourth-order valence-electron chi connectivity index (χ4n) is 4.15. The van der Waals surface area contributed by atoms with Crippen molar-refractivity contribution in [2.24, 2.45) is 0 Å². The Balaban J connectivity index is 1.38. The summed E-state index contributed by atoms with van der Waals surface area (Å²) in [5.74, 6) is 0.695. The predicted octanol–water partition coefficient (Wildman–Crippen LogP) is 3.33. The van der Waals surface area contributed by atoms with E-state index in [4.69, 9.17) is 9.47 Å². The number of piperidine rings is 1. The summed E-state index contributed by atoms with van der Waals surface area (Å²) in [4.78, 5) is 23.3. The van der Waals surface area contributed by atoms with Crippen LogP contribution < -0.4 is 4.74 Å². The summed E-state index contributed by atoms with van der Waals surface area (Å²) in [6, 6.07) is 7.72. The van der Waals surface area contributed by atoms with Gasteiger partial charge in [0.25, 0.3) is 5.91 Å². The SMILES string of the molecule is Cc1ccnc(OC2CCOC3(CCN(C(=O)c4ncccc4C)CC3)C2)c1. The van der Waals surface area contributed by atoms with Crippen LogP contribution in [-0.2, 0) is 4.74 Å². The molecule has 6 heteroatoms. The highest BCUT2D eigenvalue weighted by atomic mass is 16.5. The third-order valence-corrected chi connectivity index (χ3v) is 5.80. The van der Waals surface area contributed by atoms with E-state index >= 15 is 0 Å². The summed E-state index contributed by atoms with van der Waals surface area (Å²) >= 11 is 0. The Kier molecular flexibility index (Phi) is 5.31. The summed E-state index contributed by atoms with van der Waals surface area (Å²) in [6.07, 6.45) is 6.92. The molecular formula is C22H27N3O3. The Morgan fingerprint density at radius 2 is 2.04 bits per heavy atom. The molecule has 4 heterocycles. The van der Waals surface area contributed by atoms with Crippen molar-refractivity contribution in [3.8, 4) is 5.88 Å². The van der Waals surface area contributed by atoms with E-state index < -0.39 is 0 Å². The van der Waals surface area contributed by atoms with Gasteiger partial charge in [0.2, 0.25) is 5.88 Å². The summed E-state index contributed by atoms with van der Waals surface area (Å²) in [5, 5.41) is 0. The lowest BCUT2D eigenvalue weighted by Crippen LogP contribution is -2.52. The number of hydrogen-bond donors (Lipinski definition) is 0. The molecule has 2 aliphatic heterocycles. The molecular weight excluding hydrogens is 354 g/mol. The number of ether oxygens (including phenoxy) is 2. The monoisotopic (exact) mass is 381 g/mol. The highest BCUT2D eigenvalue weighted by Crippen LogP contribution is 2.36. The van der Waals surface area contributed by atoms with Crippen molar-refractivity contribution in [2.45, 2.75) is 51.2 Å². The topological polar surface area (TPSA) is 64.6 Å². The maximum atomic E-state index is 12.8. The molecule has 2 saturated heterocycles. The normalized spacial score (nSPS) is 21.5. The molecule has 2 fully saturated rings. The van der Waals surface area contributed by atoms with Crippen molar-refractivity contribution in [3.63, 3.8) is 0 Å². The van der Waals surface area contributed by atoms with Crippen LogP contribution in [0.4, 0.5) is 0 Å². The minimum absolute atomic E-state index is 0.0144. The first kappa shape index (κ1) is 18.9. The molecule has 0 aromatic carbocycles. The molecule has 28 heavy (non-hydrogen) atoms. The lowest BCUT2D eigenvalue weighted by Gasteiger charge is -2.45. The van der Waals surface area contributed by atoms with Gasteiger partial charge in [-0.05, 0) is 49.9 Å². The first-order valence-electron chi connectivity index (χ1n) is 9.99. The van der Waals surface area contributed by atoms with Gasteiger partial charge in [-0.15, -0.1) is 0 Å². The van der Waals surface area contributed by atoms with E-state index in [9.17, 15) is 4.79 Å². The number of likely N-dealkylation sites (tertiary alicyclic amines) is 1. The minimum atomic E-state index is -0.206. The van der Waals surface area contributed by atoms with E-state index in [1.165, 1.54) is 0 Å². The highest BCUT2D eigenvalue weighted by Gasteiger charge is 2.42. The van der Waals surface area contributed by atoms with Crippen molar-refractivity contribution >= 4 is 5.91 Å². The third-order valence-electron chi connectivity index (χ3n) is 5.80. The maximum Gasteiger partial charge on any atom is 0.272 e. The van der Waals surface area contributed by atoms with E-state index in [2.05, 4.69) is 9.97 Å². The van der Waals surface area contributed by atoms with Gasteiger partial charge < -0.3 is 14.4 Å². The number of nitrogens with zero attached hydrogens (tertiary/aromatic N) is 3. The minimum Gasteiger partial charge on any atom is -0.474 e. The van der Waals surface area contributed by atoms with Crippen molar-refractivity contribution < 1.29 is 14.3 Å². The molecule has 6 nitrogen and oxygen atoms in total. The second-order valence-electron chi connectivity index (χ2n) is 7.90. The van der Waals surface area contributed by atoms with Gasteiger partial charge in [0.05, 0.1) is 12.2 Å². The molecule has 2 aromatic rings. The fraction of sp³-hybridized carbons (Fsp3) is 0.500. The zero-order chi connectivity index (χ0) is 19.6. The molecule has 0 aliphatic carbocycles. The highest BCUT2D eigenvalue weighted by molar-refractivity contribution is 5.93. The average Bonchev–Trinajstić information content (AvgIpc) is 2.69. The number of aromatic nitrogens is 2. The van der Waals surface area contributed by atoms with Crippen molar-refractivity contribution in [1.29, 1.82) is 0 Å². The average molecular weight is 381 g/mol.